The van der Waals surface area contributed by atoms with E-state index in [2.05, 4.69) is 5.10 Å². The Morgan fingerprint density at radius 3 is 2.76 bits per heavy atom. The van der Waals surface area contributed by atoms with Crippen LogP contribution in [0.2, 0.25) is 0 Å². The highest BCUT2D eigenvalue weighted by Crippen LogP contribution is 2.33. The van der Waals surface area contributed by atoms with Crippen LogP contribution in [0.3, 0.4) is 0 Å². The number of ether oxygens (including phenoxy) is 1. The smallest absolute Gasteiger partial charge is 0.289 e. The summed E-state index contributed by atoms with van der Waals surface area (Å²) in [6, 6.07) is 3.38. The highest BCUT2D eigenvalue weighted by atomic mass is 16.5. The fourth-order valence-corrected chi connectivity index (χ4v) is 3.47. The minimum atomic E-state index is -0.413. The maximum Gasteiger partial charge on any atom is 0.289 e. The number of nitrogens with zero attached hydrogens (tertiary/aromatic N) is 4. The van der Waals surface area contributed by atoms with Gasteiger partial charge in [0.2, 0.25) is 0 Å². The molecule has 8 nitrogen and oxygen atoms in total. The second-order valence-electron chi connectivity index (χ2n) is 6.59. The number of furan rings is 1. The molecule has 0 radical (unpaired) electrons. The summed E-state index contributed by atoms with van der Waals surface area (Å²) in [6.07, 6.45) is 6.38. The molecule has 2 fully saturated rings. The van der Waals surface area contributed by atoms with Crippen molar-refractivity contribution in [3.05, 3.63) is 36.5 Å². The van der Waals surface area contributed by atoms with Crippen molar-refractivity contribution in [1.29, 1.82) is 0 Å². The molecule has 0 bridgehead atoms. The van der Waals surface area contributed by atoms with Gasteiger partial charge in [-0.2, -0.15) is 5.10 Å². The number of aromatic nitrogens is 2. The number of carbonyl (C=O) groups is 2. The van der Waals surface area contributed by atoms with Crippen molar-refractivity contribution in [2.75, 3.05) is 31.1 Å². The molecule has 0 aromatic carbocycles. The van der Waals surface area contributed by atoms with E-state index in [0.717, 1.165) is 5.69 Å². The highest BCUT2D eigenvalue weighted by molar-refractivity contribution is 5.95. The summed E-state index contributed by atoms with van der Waals surface area (Å²) in [4.78, 5) is 28.1. The molecule has 2 aliphatic rings. The van der Waals surface area contributed by atoms with Gasteiger partial charge in [0.05, 0.1) is 30.3 Å². The van der Waals surface area contributed by atoms with Gasteiger partial charge in [-0.25, -0.2) is 0 Å². The number of aryl methyl sites for hydroxylation is 1. The number of anilines is 1. The summed E-state index contributed by atoms with van der Waals surface area (Å²) in [5.41, 5.74) is 0.369. The van der Waals surface area contributed by atoms with Crippen molar-refractivity contribution < 1.29 is 18.7 Å². The molecule has 8 heteroatoms. The number of morpholine rings is 1. The van der Waals surface area contributed by atoms with E-state index in [1.807, 2.05) is 13.2 Å². The summed E-state index contributed by atoms with van der Waals surface area (Å²) in [5, 5.41) is 4.14. The van der Waals surface area contributed by atoms with E-state index in [4.69, 9.17) is 9.15 Å². The lowest BCUT2D eigenvalue weighted by molar-refractivity contribution is -0.143. The van der Waals surface area contributed by atoms with Crippen LogP contribution in [0.1, 0.15) is 23.4 Å². The summed E-state index contributed by atoms with van der Waals surface area (Å²) in [7, 11) is 1.82. The third-order valence-electron chi connectivity index (χ3n) is 4.95. The Balaban J connectivity index is 1.45. The Hall–Kier alpha value is -2.61. The van der Waals surface area contributed by atoms with Crippen LogP contribution >= 0.6 is 0 Å². The van der Waals surface area contributed by atoms with Gasteiger partial charge in [0.1, 0.15) is 6.61 Å². The molecule has 25 heavy (non-hydrogen) atoms. The number of likely N-dealkylation sites (tertiary alicyclic amines) is 1. The number of piperidine rings is 1. The van der Waals surface area contributed by atoms with Crippen LogP contribution in [0.5, 0.6) is 0 Å². The van der Waals surface area contributed by atoms with Gasteiger partial charge in [0.15, 0.2) is 5.76 Å². The third-order valence-corrected chi connectivity index (χ3v) is 4.95. The van der Waals surface area contributed by atoms with Crippen molar-refractivity contribution in [1.82, 2.24) is 14.7 Å². The number of hydrogen-bond donors (Lipinski definition) is 0. The maximum atomic E-state index is 12.4. The Morgan fingerprint density at radius 1 is 1.32 bits per heavy atom. The first kappa shape index (κ1) is 15.9. The molecular weight excluding hydrogens is 324 g/mol. The van der Waals surface area contributed by atoms with Crippen LogP contribution in [0.15, 0.2) is 35.2 Å². The van der Waals surface area contributed by atoms with Crippen molar-refractivity contribution in [3.8, 4) is 0 Å². The molecule has 2 aromatic heterocycles. The molecule has 4 rings (SSSR count). The van der Waals surface area contributed by atoms with Crippen molar-refractivity contribution in [3.63, 3.8) is 0 Å². The summed E-state index contributed by atoms with van der Waals surface area (Å²) < 4.78 is 12.8. The molecule has 2 aromatic rings. The van der Waals surface area contributed by atoms with Crippen LogP contribution < -0.4 is 4.90 Å². The highest BCUT2D eigenvalue weighted by Gasteiger charge is 2.43. The van der Waals surface area contributed by atoms with Crippen LogP contribution in [-0.2, 0) is 16.6 Å². The van der Waals surface area contributed by atoms with Crippen LogP contribution in [0.4, 0.5) is 5.69 Å². The first-order valence-electron chi connectivity index (χ1n) is 8.32. The fourth-order valence-electron chi connectivity index (χ4n) is 3.47. The molecule has 2 saturated heterocycles. The van der Waals surface area contributed by atoms with Crippen molar-refractivity contribution in [2.45, 2.75) is 18.4 Å². The number of rotatable bonds is 2. The van der Waals surface area contributed by atoms with E-state index in [0.29, 0.717) is 38.2 Å². The third kappa shape index (κ3) is 2.93. The predicted octanol–water partition coefficient (Wildman–Crippen LogP) is 1.05. The van der Waals surface area contributed by atoms with E-state index in [9.17, 15) is 9.59 Å². The molecular formula is C17H20N4O4. The molecule has 132 valence electrons. The topological polar surface area (TPSA) is 80.8 Å². The Labute approximate surface area is 144 Å². The average molecular weight is 344 g/mol. The van der Waals surface area contributed by atoms with Crippen LogP contribution in [-0.4, -0.2) is 58.3 Å². The SMILES string of the molecule is Cn1cc(N2CC3(CCN(C(=O)c4ccco4)CC3)OCC2=O)cn1. The first-order valence-corrected chi connectivity index (χ1v) is 8.32. The molecule has 4 heterocycles. The molecule has 0 atom stereocenters. The number of hydrogen-bond acceptors (Lipinski definition) is 5. The molecule has 2 aliphatic heterocycles. The Kier molecular flexibility index (Phi) is 3.84. The molecule has 0 N–H and O–H groups in total. The summed E-state index contributed by atoms with van der Waals surface area (Å²) in [5.74, 6) is 0.191. The van der Waals surface area contributed by atoms with Crippen molar-refractivity contribution >= 4 is 17.5 Å². The summed E-state index contributed by atoms with van der Waals surface area (Å²) in [6.45, 7) is 1.70. The van der Waals surface area contributed by atoms with E-state index < -0.39 is 5.60 Å². The van der Waals surface area contributed by atoms with E-state index in [-0.39, 0.29) is 18.4 Å². The monoisotopic (exact) mass is 344 g/mol. The number of amides is 2. The largest absolute Gasteiger partial charge is 0.459 e. The first-order chi connectivity index (χ1) is 12.1. The quantitative estimate of drug-likeness (QED) is 0.813. The second kappa shape index (κ2) is 6.03. The second-order valence-corrected chi connectivity index (χ2v) is 6.59. The van der Waals surface area contributed by atoms with Crippen LogP contribution in [0.25, 0.3) is 0 Å². The lowest BCUT2D eigenvalue weighted by atomic mass is 9.89. The van der Waals surface area contributed by atoms with Gasteiger partial charge in [-0.1, -0.05) is 0 Å². The van der Waals surface area contributed by atoms with E-state index >= 15 is 0 Å². The zero-order chi connectivity index (χ0) is 17.4. The summed E-state index contributed by atoms with van der Waals surface area (Å²) >= 11 is 0. The minimum absolute atomic E-state index is 0.0566. The molecule has 1 spiro atoms. The van der Waals surface area contributed by atoms with Crippen LogP contribution in [0, 0.1) is 0 Å². The minimum Gasteiger partial charge on any atom is -0.459 e. The van der Waals surface area contributed by atoms with E-state index in [1.165, 1.54) is 6.26 Å². The Bertz CT molecular complexity index is 774. The Morgan fingerprint density at radius 2 is 2.12 bits per heavy atom. The predicted molar refractivity (Wildman–Crippen MR) is 88.1 cm³/mol. The van der Waals surface area contributed by atoms with Gasteiger partial charge in [-0.05, 0) is 25.0 Å². The fraction of sp³-hybridized carbons (Fsp3) is 0.471. The van der Waals surface area contributed by atoms with Gasteiger partial charge >= 0.3 is 0 Å². The van der Waals surface area contributed by atoms with Crippen molar-refractivity contribution in [2.24, 2.45) is 7.05 Å². The normalized spacial score (nSPS) is 20.3. The van der Waals surface area contributed by atoms with E-state index in [1.54, 1.807) is 32.8 Å². The zero-order valence-electron chi connectivity index (χ0n) is 14.1. The lowest BCUT2D eigenvalue weighted by Crippen LogP contribution is -2.59. The van der Waals surface area contributed by atoms with Gasteiger partial charge in [-0.3, -0.25) is 14.3 Å². The molecule has 0 unspecified atom stereocenters. The zero-order valence-corrected chi connectivity index (χ0v) is 14.1. The molecule has 0 aliphatic carbocycles. The average Bonchev–Trinajstić information content (AvgIpc) is 3.29. The standard InChI is InChI=1S/C17H20N4O4/c1-19-10-13(9-18-19)21-12-17(25-11-15(21)22)4-6-20(7-5-17)16(23)14-3-2-8-24-14/h2-3,8-10H,4-7,11-12H2,1H3. The van der Waals surface area contributed by atoms with Gasteiger partial charge in [0, 0.05) is 26.3 Å². The lowest BCUT2D eigenvalue weighted by Gasteiger charge is -2.46. The van der Waals surface area contributed by atoms with Gasteiger partial charge < -0.3 is 19.0 Å². The molecule has 2 amide bonds. The van der Waals surface area contributed by atoms with Gasteiger partial charge in [-0.15, -0.1) is 0 Å². The maximum absolute atomic E-state index is 12.4. The molecule has 0 saturated carbocycles. The van der Waals surface area contributed by atoms with Gasteiger partial charge in [0.25, 0.3) is 11.8 Å². The number of carbonyl (C=O) groups excluding carboxylic acids is 2.